The van der Waals surface area contributed by atoms with Crippen LogP contribution in [0.5, 0.6) is 0 Å². The maximum absolute atomic E-state index is 12.5. The number of piperazine rings is 1. The van der Waals surface area contributed by atoms with Gasteiger partial charge in [-0.3, -0.25) is 0 Å². The Morgan fingerprint density at radius 2 is 1.85 bits per heavy atom. The van der Waals surface area contributed by atoms with Crippen molar-refractivity contribution in [1.29, 1.82) is 0 Å². The summed E-state index contributed by atoms with van der Waals surface area (Å²) in [5.74, 6) is -1.30. The van der Waals surface area contributed by atoms with E-state index in [1.165, 1.54) is 22.5 Å². The number of aromatic carboxylic acids is 1. The molecule has 1 fully saturated rings. The SMILES string of the molecule is CN1CCN(S(=O)(=O)c2ccc(N)cc2C(=O)O)CC1. The summed E-state index contributed by atoms with van der Waals surface area (Å²) in [6.45, 7) is 1.94. The highest BCUT2D eigenvalue weighted by Gasteiger charge is 2.31. The Bertz CT molecular complexity index is 622. The molecule has 0 amide bonds. The summed E-state index contributed by atoms with van der Waals surface area (Å²) in [4.78, 5) is 13.0. The van der Waals surface area contributed by atoms with Crippen molar-refractivity contribution in [3.05, 3.63) is 23.8 Å². The summed E-state index contributed by atoms with van der Waals surface area (Å²) < 4.78 is 26.4. The van der Waals surface area contributed by atoms with Crippen LogP contribution in [0.25, 0.3) is 0 Å². The van der Waals surface area contributed by atoms with Crippen LogP contribution in [0.3, 0.4) is 0 Å². The molecule has 3 N–H and O–H groups in total. The Morgan fingerprint density at radius 3 is 2.40 bits per heavy atom. The van der Waals surface area contributed by atoms with Crippen molar-refractivity contribution < 1.29 is 18.3 Å². The maximum Gasteiger partial charge on any atom is 0.337 e. The maximum atomic E-state index is 12.5. The number of sulfonamides is 1. The predicted octanol–water partition coefficient (Wildman–Crippen LogP) is -0.0969. The standard InChI is InChI=1S/C12H17N3O4S/c1-14-4-6-15(7-5-14)20(18,19)11-3-2-9(13)8-10(11)12(16)17/h2-3,8H,4-7,13H2,1H3,(H,16,17). The Balaban J connectivity index is 2.42. The summed E-state index contributed by atoms with van der Waals surface area (Å²) in [6.07, 6.45) is 0. The smallest absolute Gasteiger partial charge is 0.337 e. The van der Waals surface area contributed by atoms with Crippen molar-refractivity contribution in [2.75, 3.05) is 39.0 Å². The van der Waals surface area contributed by atoms with Gasteiger partial charge in [0.05, 0.1) is 10.5 Å². The van der Waals surface area contributed by atoms with Gasteiger partial charge in [-0.15, -0.1) is 0 Å². The third-order valence-corrected chi connectivity index (χ3v) is 5.27. The number of benzene rings is 1. The molecule has 0 unspecified atom stereocenters. The van der Waals surface area contributed by atoms with Crippen LogP contribution in [0, 0.1) is 0 Å². The van der Waals surface area contributed by atoms with E-state index in [1.54, 1.807) is 0 Å². The van der Waals surface area contributed by atoms with E-state index < -0.39 is 16.0 Å². The Labute approximate surface area is 117 Å². The van der Waals surface area contributed by atoms with Crippen molar-refractivity contribution >= 4 is 21.7 Å². The number of carbonyl (C=O) groups is 1. The number of hydrogen-bond acceptors (Lipinski definition) is 5. The zero-order chi connectivity index (χ0) is 14.9. The first-order valence-corrected chi connectivity index (χ1v) is 7.58. The molecule has 1 aliphatic heterocycles. The zero-order valence-corrected chi connectivity index (χ0v) is 11.9. The highest BCUT2D eigenvalue weighted by atomic mass is 32.2. The van der Waals surface area contributed by atoms with Crippen molar-refractivity contribution in [3.63, 3.8) is 0 Å². The molecular formula is C12H17N3O4S. The Kier molecular flexibility index (Phi) is 3.98. The molecule has 110 valence electrons. The van der Waals surface area contributed by atoms with Gasteiger partial charge in [-0.05, 0) is 25.2 Å². The van der Waals surface area contributed by atoms with Gasteiger partial charge in [0.1, 0.15) is 0 Å². The number of nitrogens with two attached hydrogens (primary N) is 1. The lowest BCUT2D eigenvalue weighted by Gasteiger charge is -2.31. The molecule has 8 heteroatoms. The van der Waals surface area contributed by atoms with E-state index in [4.69, 9.17) is 10.8 Å². The van der Waals surface area contributed by atoms with Crippen molar-refractivity contribution in [2.24, 2.45) is 0 Å². The molecule has 1 saturated heterocycles. The topological polar surface area (TPSA) is 104 Å². The summed E-state index contributed by atoms with van der Waals surface area (Å²) in [7, 11) is -1.90. The number of anilines is 1. The van der Waals surface area contributed by atoms with E-state index in [2.05, 4.69) is 0 Å². The normalized spacial score (nSPS) is 18.1. The molecule has 0 spiro atoms. The molecule has 1 aliphatic rings. The molecule has 20 heavy (non-hydrogen) atoms. The quantitative estimate of drug-likeness (QED) is 0.756. The second-order valence-corrected chi connectivity index (χ2v) is 6.67. The van der Waals surface area contributed by atoms with Crippen molar-refractivity contribution in [1.82, 2.24) is 9.21 Å². The van der Waals surface area contributed by atoms with Gasteiger partial charge in [0, 0.05) is 31.9 Å². The molecule has 0 aliphatic carbocycles. The fourth-order valence-corrected chi connectivity index (χ4v) is 3.69. The van der Waals surface area contributed by atoms with E-state index in [0.29, 0.717) is 26.2 Å². The lowest BCUT2D eigenvalue weighted by atomic mass is 10.2. The van der Waals surface area contributed by atoms with Gasteiger partial charge < -0.3 is 15.7 Å². The van der Waals surface area contributed by atoms with E-state index in [0.717, 1.165) is 0 Å². The number of hydrogen-bond donors (Lipinski definition) is 2. The minimum absolute atomic E-state index is 0.205. The molecule has 7 nitrogen and oxygen atoms in total. The van der Waals surface area contributed by atoms with Crippen LogP contribution >= 0.6 is 0 Å². The second-order valence-electron chi connectivity index (χ2n) is 4.77. The number of likely N-dealkylation sites (N-methyl/N-ethyl adjacent to an activating group) is 1. The van der Waals surface area contributed by atoms with Gasteiger partial charge >= 0.3 is 5.97 Å². The highest BCUT2D eigenvalue weighted by Crippen LogP contribution is 2.23. The summed E-state index contributed by atoms with van der Waals surface area (Å²) in [5.41, 5.74) is 5.46. The van der Waals surface area contributed by atoms with Crippen LogP contribution < -0.4 is 5.73 Å². The monoisotopic (exact) mass is 299 g/mol. The summed E-state index contributed by atoms with van der Waals surface area (Å²) in [5, 5.41) is 9.15. The van der Waals surface area contributed by atoms with Gasteiger partial charge in [-0.25, -0.2) is 13.2 Å². The van der Waals surface area contributed by atoms with E-state index in [9.17, 15) is 13.2 Å². The van der Waals surface area contributed by atoms with Crippen LogP contribution in [0.15, 0.2) is 23.1 Å². The molecule has 2 rings (SSSR count). The van der Waals surface area contributed by atoms with Crippen molar-refractivity contribution in [2.45, 2.75) is 4.90 Å². The number of carboxylic acid groups (broad SMARTS) is 1. The third kappa shape index (κ3) is 2.77. The molecule has 0 radical (unpaired) electrons. The van der Waals surface area contributed by atoms with Crippen LogP contribution in [0.4, 0.5) is 5.69 Å². The van der Waals surface area contributed by atoms with Gasteiger partial charge in [-0.1, -0.05) is 0 Å². The molecule has 0 aromatic heterocycles. The van der Waals surface area contributed by atoms with E-state index >= 15 is 0 Å². The Morgan fingerprint density at radius 1 is 1.25 bits per heavy atom. The number of carboxylic acids is 1. The van der Waals surface area contributed by atoms with E-state index in [1.807, 2.05) is 11.9 Å². The van der Waals surface area contributed by atoms with Crippen LogP contribution in [-0.2, 0) is 10.0 Å². The fourth-order valence-electron chi connectivity index (χ4n) is 2.11. The van der Waals surface area contributed by atoms with E-state index in [-0.39, 0.29) is 16.1 Å². The minimum Gasteiger partial charge on any atom is -0.478 e. The first kappa shape index (κ1) is 14.8. The average Bonchev–Trinajstić information content (AvgIpc) is 2.38. The summed E-state index contributed by atoms with van der Waals surface area (Å²) >= 11 is 0. The van der Waals surface area contributed by atoms with Crippen molar-refractivity contribution in [3.8, 4) is 0 Å². The molecular weight excluding hydrogens is 282 g/mol. The van der Waals surface area contributed by atoms with Crippen LogP contribution in [0.2, 0.25) is 0 Å². The van der Waals surface area contributed by atoms with Gasteiger partial charge in [0.2, 0.25) is 10.0 Å². The first-order valence-electron chi connectivity index (χ1n) is 6.14. The average molecular weight is 299 g/mol. The largest absolute Gasteiger partial charge is 0.478 e. The molecule has 0 saturated carbocycles. The molecule has 1 aromatic carbocycles. The molecule has 0 bridgehead atoms. The molecule has 0 atom stereocenters. The zero-order valence-electron chi connectivity index (χ0n) is 11.1. The predicted molar refractivity (Wildman–Crippen MR) is 74.1 cm³/mol. The molecule has 1 aromatic rings. The Hall–Kier alpha value is -1.64. The van der Waals surface area contributed by atoms with Gasteiger partial charge in [0.25, 0.3) is 0 Å². The minimum atomic E-state index is -3.81. The number of nitrogen functional groups attached to an aromatic ring is 1. The highest BCUT2D eigenvalue weighted by molar-refractivity contribution is 7.89. The lowest BCUT2D eigenvalue weighted by molar-refractivity contribution is 0.0692. The third-order valence-electron chi connectivity index (χ3n) is 3.31. The van der Waals surface area contributed by atoms with Gasteiger partial charge in [0.15, 0.2) is 0 Å². The number of rotatable bonds is 3. The second kappa shape index (κ2) is 5.39. The van der Waals surface area contributed by atoms with Crippen LogP contribution in [0.1, 0.15) is 10.4 Å². The van der Waals surface area contributed by atoms with Gasteiger partial charge in [-0.2, -0.15) is 4.31 Å². The summed E-state index contributed by atoms with van der Waals surface area (Å²) in [6, 6.07) is 3.83. The molecule has 1 heterocycles. The first-order chi connectivity index (χ1) is 9.32. The number of nitrogens with zero attached hydrogens (tertiary/aromatic N) is 2. The fraction of sp³-hybridized carbons (Fsp3) is 0.417. The van der Waals surface area contributed by atoms with Crippen LogP contribution in [-0.4, -0.2) is 61.9 Å². The lowest BCUT2D eigenvalue weighted by Crippen LogP contribution is -2.47.